The number of furan rings is 1. The number of hydrogen-bond donors (Lipinski definition) is 1. The van der Waals surface area contributed by atoms with Crippen molar-refractivity contribution in [2.24, 2.45) is 0 Å². The van der Waals surface area contributed by atoms with E-state index < -0.39 is 5.97 Å². The Kier molecular flexibility index (Phi) is 3.17. The van der Waals surface area contributed by atoms with Crippen LogP contribution < -0.4 is 0 Å². The summed E-state index contributed by atoms with van der Waals surface area (Å²) in [5, 5.41) is 20.4. The van der Waals surface area contributed by atoms with E-state index >= 15 is 0 Å². The maximum absolute atomic E-state index is 10.4. The van der Waals surface area contributed by atoms with Crippen molar-refractivity contribution in [1.29, 1.82) is 0 Å². The van der Waals surface area contributed by atoms with Crippen LogP contribution in [0, 0.1) is 0 Å². The molecule has 0 aliphatic heterocycles. The predicted octanol–water partition coefficient (Wildman–Crippen LogP) is 1.36. The van der Waals surface area contributed by atoms with E-state index in [9.17, 15) is 4.79 Å². The molecule has 0 amide bonds. The number of aromatic nitrogens is 4. The molecule has 90 valence electrons. The Hall–Kier alpha value is -2.18. The number of carboxylic acid groups (broad SMARTS) is 1. The first-order valence-electron chi connectivity index (χ1n) is 5.22. The predicted molar refractivity (Wildman–Crippen MR) is 57.1 cm³/mol. The zero-order chi connectivity index (χ0) is 12.3. The van der Waals surface area contributed by atoms with E-state index in [2.05, 4.69) is 15.4 Å². The van der Waals surface area contributed by atoms with Gasteiger partial charge in [-0.25, -0.2) is 0 Å². The molecule has 2 rings (SSSR count). The van der Waals surface area contributed by atoms with Crippen LogP contribution in [-0.4, -0.2) is 31.3 Å². The number of carboxylic acids is 1. The molecule has 2 aromatic rings. The van der Waals surface area contributed by atoms with Crippen LogP contribution in [0.3, 0.4) is 0 Å². The lowest BCUT2D eigenvalue weighted by molar-refractivity contribution is -0.137. The molecule has 0 saturated carbocycles. The molecule has 2 aromatic heterocycles. The molecule has 0 aliphatic rings. The second-order valence-corrected chi connectivity index (χ2v) is 3.69. The van der Waals surface area contributed by atoms with Gasteiger partial charge in [-0.05, 0) is 30.7 Å². The fraction of sp³-hybridized carbons (Fsp3) is 0.400. The number of nitrogens with zero attached hydrogens (tertiary/aromatic N) is 4. The molecule has 0 saturated heterocycles. The lowest BCUT2D eigenvalue weighted by Crippen LogP contribution is -2.11. The van der Waals surface area contributed by atoms with E-state index in [1.54, 1.807) is 12.1 Å². The SMILES string of the molecule is CC(CCC(=O)O)n1nnc(-c2ccco2)n1. The van der Waals surface area contributed by atoms with Crippen molar-refractivity contribution in [3.63, 3.8) is 0 Å². The van der Waals surface area contributed by atoms with Gasteiger partial charge in [-0.2, -0.15) is 4.80 Å². The van der Waals surface area contributed by atoms with Crippen LogP contribution >= 0.6 is 0 Å². The van der Waals surface area contributed by atoms with E-state index in [4.69, 9.17) is 9.52 Å². The van der Waals surface area contributed by atoms with Gasteiger partial charge in [0.15, 0.2) is 5.76 Å². The zero-order valence-corrected chi connectivity index (χ0v) is 9.28. The molecule has 7 heteroatoms. The molecule has 0 radical (unpaired) electrons. The molecule has 1 unspecified atom stereocenters. The second-order valence-electron chi connectivity index (χ2n) is 3.69. The van der Waals surface area contributed by atoms with Crippen molar-refractivity contribution in [3.05, 3.63) is 18.4 Å². The molecular weight excluding hydrogens is 224 g/mol. The van der Waals surface area contributed by atoms with Crippen molar-refractivity contribution >= 4 is 5.97 Å². The summed E-state index contributed by atoms with van der Waals surface area (Å²) in [7, 11) is 0. The highest BCUT2D eigenvalue weighted by Crippen LogP contribution is 2.16. The summed E-state index contributed by atoms with van der Waals surface area (Å²) in [6, 6.07) is 3.37. The number of hydrogen-bond acceptors (Lipinski definition) is 5. The van der Waals surface area contributed by atoms with Crippen molar-refractivity contribution < 1.29 is 14.3 Å². The van der Waals surface area contributed by atoms with Crippen LogP contribution in [0.4, 0.5) is 0 Å². The summed E-state index contributed by atoms with van der Waals surface area (Å²) in [5.74, 6) is 0.113. The summed E-state index contributed by atoms with van der Waals surface area (Å²) >= 11 is 0. The average Bonchev–Trinajstić information content (AvgIpc) is 2.94. The standard InChI is InChI=1S/C10H12N4O3/c1-7(4-5-9(15)16)14-12-10(11-13-14)8-3-2-6-17-8/h2-3,6-7H,4-5H2,1H3,(H,15,16). The van der Waals surface area contributed by atoms with Gasteiger partial charge < -0.3 is 9.52 Å². The highest BCUT2D eigenvalue weighted by atomic mass is 16.4. The molecule has 0 bridgehead atoms. The van der Waals surface area contributed by atoms with Crippen LogP contribution in [0.5, 0.6) is 0 Å². The topological polar surface area (TPSA) is 94.0 Å². The number of rotatable bonds is 5. The average molecular weight is 236 g/mol. The minimum atomic E-state index is -0.830. The monoisotopic (exact) mass is 236 g/mol. The van der Waals surface area contributed by atoms with Crippen molar-refractivity contribution in [1.82, 2.24) is 20.2 Å². The molecule has 17 heavy (non-hydrogen) atoms. The normalized spacial score (nSPS) is 12.5. The Labute approximate surface area is 97.0 Å². The van der Waals surface area contributed by atoms with Gasteiger partial charge in [-0.1, -0.05) is 0 Å². The Morgan fingerprint density at radius 1 is 1.65 bits per heavy atom. The summed E-state index contributed by atoms with van der Waals surface area (Å²) in [4.78, 5) is 11.8. The van der Waals surface area contributed by atoms with Gasteiger partial charge in [0, 0.05) is 6.42 Å². The summed E-state index contributed by atoms with van der Waals surface area (Å²) < 4.78 is 5.14. The molecular formula is C10H12N4O3. The third-order valence-corrected chi connectivity index (χ3v) is 2.34. The van der Waals surface area contributed by atoms with Crippen molar-refractivity contribution in [2.75, 3.05) is 0 Å². The van der Waals surface area contributed by atoms with Gasteiger partial charge in [-0.15, -0.1) is 10.2 Å². The maximum atomic E-state index is 10.4. The molecule has 0 fully saturated rings. The van der Waals surface area contributed by atoms with Gasteiger partial charge in [0.25, 0.3) is 0 Å². The zero-order valence-electron chi connectivity index (χ0n) is 9.28. The summed E-state index contributed by atoms with van der Waals surface area (Å²) in [5.41, 5.74) is 0. The van der Waals surface area contributed by atoms with E-state index in [1.807, 2.05) is 6.92 Å². The van der Waals surface area contributed by atoms with Gasteiger partial charge >= 0.3 is 5.97 Å². The number of tetrazole rings is 1. The second kappa shape index (κ2) is 4.77. The smallest absolute Gasteiger partial charge is 0.303 e. The first kappa shape index (κ1) is 11.3. The maximum Gasteiger partial charge on any atom is 0.303 e. The Morgan fingerprint density at radius 3 is 3.12 bits per heavy atom. The lowest BCUT2D eigenvalue weighted by Gasteiger charge is -2.06. The van der Waals surface area contributed by atoms with Gasteiger partial charge in [0.05, 0.1) is 12.3 Å². The van der Waals surface area contributed by atoms with Crippen LogP contribution in [0.2, 0.25) is 0 Å². The van der Waals surface area contributed by atoms with Crippen LogP contribution in [0.25, 0.3) is 11.6 Å². The molecule has 7 nitrogen and oxygen atoms in total. The first-order valence-corrected chi connectivity index (χ1v) is 5.22. The number of aliphatic carboxylic acids is 1. The van der Waals surface area contributed by atoms with Crippen molar-refractivity contribution in [3.8, 4) is 11.6 Å². The lowest BCUT2D eigenvalue weighted by atomic mass is 10.2. The Balaban J connectivity index is 2.05. The first-order chi connectivity index (χ1) is 8.16. The molecule has 0 aliphatic carbocycles. The fourth-order valence-electron chi connectivity index (χ4n) is 1.36. The molecule has 0 aromatic carbocycles. The van der Waals surface area contributed by atoms with Gasteiger partial charge in [0.2, 0.25) is 5.82 Å². The van der Waals surface area contributed by atoms with Gasteiger partial charge in [0.1, 0.15) is 0 Å². The molecule has 0 spiro atoms. The summed E-state index contributed by atoms with van der Waals surface area (Å²) in [6.45, 7) is 1.84. The summed E-state index contributed by atoms with van der Waals surface area (Å²) in [6.07, 6.45) is 2.08. The van der Waals surface area contributed by atoms with E-state index in [1.165, 1.54) is 11.1 Å². The minimum Gasteiger partial charge on any atom is -0.481 e. The largest absolute Gasteiger partial charge is 0.481 e. The van der Waals surface area contributed by atoms with Crippen molar-refractivity contribution in [2.45, 2.75) is 25.8 Å². The highest BCUT2D eigenvalue weighted by Gasteiger charge is 2.13. The van der Waals surface area contributed by atoms with E-state index in [0.29, 0.717) is 18.0 Å². The molecule has 2 heterocycles. The van der Waals surface area contributed by atoms with E-state index in [-0.39, 0.29) is 12.5 Å². The quantitative estimate of drug-likeness (QED) is 0.842. The van der Waals surface area contributed by atoms with Crippen LogP contribution in [-0.2, 0) is 4.79 Å². The molecule has 1 N–H and O–H groups in total. The van der Waals surface area contributed by atoms with E-state index in [0.717, 1.165) is 0 Å². The number of carbonyl (C=O) groups is 1. The Morgan fingerprint density at radius 2 is 2.47 bits per heavy atom. The van der Waals surface area contributed by atoms with Crippen LogP contribution in [0.15, 0.2) is 22.8 Å². The van der Waals surface area contributed by atoms with Crippen LogP contribution in [0.1, 0.15) is 25.8 Å². The minimum absolute atomic E-state index is 0.0821. The highest BCUT2D eigenvalue weighted by molar-refractivity contribution is 5.66. The van der Waals surface area contributed by atoms with Gasteiger partial charge in [-0.3, -0.25) is 4.79 Å². The Bertz CT molecular complexity index is 491. The third-order valence-electron chi connectivity index (χ3n) is 2.34. The molecule has 1 atom stereocenters. The third kappa shape index (κ3) is 2.68. The fourth-order valence-corrected chi connectivity index (χ4v) is 1.36.